The summed E-state index contributed by atoms with van der Waals surface area (Å²) in [5.74, 6) is -1.50. The van der Waals surface area contributed by atoms with Gasteiger partial charge < -0.3 is 10.5 Å². The molecular weight excluding hydrogens is 465 g/mol. The molecule has 2 atom stereocenters. The van der Waals surface area contributed by atoms with E-state index in [2.05, 4.69) is 15.8 Å². The number of benzene rings is 2. The molecular formula is C24H19F3N4O2S. The number of likely N-dealkylation sites (N-methyl/N-ethyl adjacent to an activating group) is 1. The van der Waals surface area contributed by atoms with Crippen molar-refractivity contribution in [1.29, 1.82) is 5.26 Å². The molecule has 0 saturated heterocycles. The summed E-state index contributed by atoms with van der Waals surface area (Å²) in [5, 5.41) is 9.19. The molecule has 1 aliphatic rings. The molecule has 1 amide bonds. The number of hydrogen-bond donors (Lipinski definition) is 1. The Kier molecular flexibility index (Phi) is 5.83. The van der Waals surface area contributed by atoms with Gasteiger partial charge in [-0.2, -0.15) is 5.26 Å². The summed E-state index contributed by atoms with van der Waals surface area (Å²) in [7, 11) is 1.50. The van der Waals surface area contributed by atoms with Crippen LogP contribution in [0.1, 0.15) is 28.8 Å². The maximum atomic E-state index is 13.3. The second kappa shape index (κ2) is 8.50. The van der Waals surface area contributed by atoms with Crippen molar-refractivity contribution >= 4 is 23.2 Å². The minimum absolute atomic E-state index is 0.0437. The number of alkyl halides is 3. The summed E-state index contributed by atoms with van der Waals surface area (Å²) in [6, 6.07) is 18.2. The Bertz CT molecular complexity index is 1310. The fourth-order valence-electron chi connectivity index (χ4n) is 3.96. The van der Waals surface area contributed by atoms with Crippen molar-refractivity contribution in [3.63, 3.8) is 0 Å². The van der Waals surface area contributed by atoms with Gasteiger partial charge in [0.05, 0.1) is 17.6 Å². The highest BCUT2D eigenvalue weighted by Gasteiger charge is 2.48. The highest BCUT2D eigenvalue weighted by Crippen LogP contribution is 2.47. The molecule has 0 bridgehead atoms. The lowest BCUT2D eigenvalue weighted by Crippen LogP contribution is -2.52. The smallest absolute Gasteiger partial charge is 0.406 e. The summed E-state index contributed by atoms with van der Waals surface area (Å²) < 4.78 is 41.6. The molecule has 3 aromatic rings. The Hall–Kier alpha value is -3.84. The van der Waals surface area contributed by atoms with Gasteiger partial charge in [0.15, 0.2) is 5.96 Å². The maximum absolute atomic E-state index is 13.3. The van der Waals surface area contributed by atoms with Gasteiger partial charge in [-0.3, -0.25) is 9.69 Å². The number of thiophene rings is 1. The van der Waals surface area contributed by atoms with Gasteiger partial charge in [-0.05, 0) is 54.4 Å². The summed E-state index contributed by atoms with van der Waals surface area (Å²) in [4.78, 5) is 20.8. The van der Waals surface area contributed by atoms with Gasteiger partial charge in [-0.15, -0.1) is 24.5 Å². The van der Waals surface area contributed by atoms with Crippen molar-refractivity contribution in [1.82, 2.24) is 4.90 Å². The Morgan fingerprint density at radius 2 is 1.88 bits per heavy atom. The number of aliphatic imine (C=N–C) groups is 1. The number of nitrogens with two attached hydrogens (primary N) is 1. The quantitative estimate of drug-likeness (QED) is 0.566. The molecule has 2 unspecified atom stereocenters. The van der Waals surface area contributed by atoms with E-state index in [0.29, 0.717) is 11.1 Å². The number of carbonyl (C=O) groups excluding carboxylic acids is 1. The Labute approximate surface area is 197 Å². The number of nitriles is 1. The van der Waals surface area contributed by atoms with Crippen molar-refractivity contribution in [2.24, 2.45) is 10.7 Å². The zero-order valence-corrected chi connectivity index (χ0v) is 18.9. The highest BCUT2D eigenvalue weighted by atomic mass is 32.1. The van der Waals surface area contributed by atoms with Gasteiger partial charge in [0, 0.05) is 16.8 Å². The standard InChI is InChI=1S/C24H19F3N4O2S/c1-23(19-11-10-18(34-19)16-5-3-4-14(12-16)13-28)20(21(32)31(2)22(29)30-23)15-6-8-17(9-7-15)33-24(25,26)27/h3-12,20H,1-2H3,(H2,29,30). The largest absolute Gasteiger partial charge is 0.573 e. The van der Waals surface area contributed by atoms with Crippen molar-refractivity contribution < 1.29 is 22.7 Å². The van der Waals surface area contributed by atoms with E-state index in [1.54, 1.807) is 25.1 Å². The third-order valence-corrected chi connectivity index (χ3v) is 7.02. The summed E-state index contributed by atoms with van der Waals surface area (Å²) in [6.07, 6.45) is -4.81. The first-order chi connectivity index (χ1) is 16.0. The second-order valence-electron chi connectivity index (χ2n) is 7.92. The maximum Gasteiger partial charge on any atom is 0.573 e. The molecule has 0 spiro atoms. The average Bonchev–Trinajstić information content (AvgIpc) is 3.29. The van der Waals surface area contributed by atoms with Gasteiger partial charge in [0.2, 0.25) is 5.91 Å². The van der Waals surface area contributed by atoms with Crippen molar-refractivity contribution in [2.75, 3.05) is 7.05 Å². The molecule has 0 radical (unpaired) electrons. The third kappa shape index (κ3) is 4.34. The molecule has 10 heteroatoms. The fourth-order valence-corrected chi connectivity index (χ4v) is 5.08. The molecule has 0 fully saturated rings. The van der Waals surface area contributed by atoms with E-state index in [1.165, 1.54) is 47.5 Å². The van der Waals surface area contributed by atoms with E-state index in [0.717, 1.165) is 15.3 Å². The number of nitrogens with zero attached hydrogens (tertiary/aromatic N) is 3. The first kappa shape index (κ1) is 23.3. The van der Waals surface area contributed by atoms with Crippen LogP contribution in [0.2, 0.25) is 0 Å². The fraction of sp³-hybridized carbons (Fsp3) is 0.208. The van der Waals surface area contributed by atoms with Crippen LogP contribution in [0.5, 0.6) is 5.75 Å². The molecule has 1 aromatic heterocycles. The third-order valence-electron chi connectivity index (χ3n) is 5.66. The molecule has 2 N–H and O–H groups in total. The second-order valence-corrected chi connectivity index (χ2v) is 9.00. The van der Waals surface area contributed by atoms with E-state index in [-0.39, 0.29) is 17.6 Å². The van der Waals surface area contributed by atoms with E-state index in [4.69, 9.17) is 5.73 Å². The van der Waals surface area contributed by atoms with Crippen LogP contribution in [-0.2, 0) is 10.3 Å². The molecule has 2 heterocycles. The molecule has 174 valence electrons. The lowest BCUT2D eigenvalue weighted by Gasteiger charge is -2.40. The van der Waals surface area contributed by atoms with Crippen molar-refractivity contribution in [2.45, 2.75) is 24.7 Å². The Balaban J connectivity index is 1.77. The Morgan fingerprint density at radius 3 is 2.53 bits per heavy atom. The van der Waals surface area contributed by atoms with Crippen LogP contribution in [0.4, 0.5) is 13.2 Å². The van der Waals surface area contributed by atoms with Crippen LogP contribution in [0.3, 0.4) is 0 Å². The normalized spacial score (nSPS) is 20.6. The minimum atomic E-state index is -4.81. The van der Waals surface area contributed by atoms with Crippen LogP contribution < -0.4 is 10.5 Å². The first-order valence-electron chi connectivity index (χ1n) is 10.1. The number of halogens is 3. The predicted octanol–water partition coefficient (Wildman–Crippen LogP) is 4.97. The molecule has 4 rings (SSSR count). The molecule has 0 saturated carbocycles. The zero-order valence-electron chi connectivity index (χ0n) is 18.1. The number of carbonyl (C=O) groups is 1. The molecule has 2 aromatic carbocycles. The van der Waals surface area contributed by atoms with E-state index >= 15 is 0 Å². The van der Waals surface area contributed by atoms with Gasteiger partial charge in [0.25, 0.3) is 0 Å². The Morgan fingerprint density at radius 1 is 1.18 bits per heavy atom. The predicted molar refractivity (Wildman–Crippen MR) is 122 cm³/mol. The molecule has 0 aliphatic carbocycles. The number of hydrogen-bond acceptors (Lipinski definition) is 6. The topological polar surface area (TPSA) is 91.7 Å². The lowest BCUT2D eigenvalue weighted by atomic mass is 9.78. The first-order valence-corrected chi connectivity index (χ1v) is 10.9. The van der Waals surface area contributed by atoms with E-state index in [9.17, 15) is 23.2 Å². The van der Waals surface area contributed by atoms with Crippen LogP contribution in [0.15, 0.2) is 65.7 Å². The minimum Gasteiger partial charge on any atom is -0.406 e. The zero-order chi connectivity index (χ0) is 24.7. The number of rotatable bonds is 4. The van der Waals surface area contributed by atoms with Gasteiger partial charge in [0.1, 0.15) is 11.3 Å². The summed E-state index contributed by atoms with van der Waals surface area (Å²) in [6.45, 7) is 1.77. The van der Waals surface area contributed by atoms with Crippen molar-refractivity contribution in [3.8, 4) is 22.3 Å². The number of amides is 1. The van der Waals surface area contributed by atoms with Crippen LogP contribution in [-0.4, -0.2) is 30.2 Å². The van der Waals surface area contributed by atoms with Gasteiger partial charge >= 0.3 is 6.36 Å². The van der Waals surface area contributed by atoms with Gasteiger partial charge in [-0.25, -0.2) is 4.99 Å². The van der Waals surface area contributed by atoms with Crippen molar-refractivity contribution in [3.05, 3.63) is 76.7 Å². The van der Waals surface area contributed by atoms with E-state index in [1.807, 2.05) is 18.2 Å². The monoisotopic (exact) mass is 484 g/mol. The average molecular weight is 485 g/mol. The number of ether oxygens (including phenoxy) is 1. The van der Waals surface area contributed by atoms with Crippen LogP contribution >= 0.6 is 11.3 Å². The molecule has 1 aliphatic heterocycles. The number of guanidine groups is 1. The lowest BCUT2D eigenvalue weighted by molar-refractivity contribution is -0.274. The summed E-state index contributed by atoms with van der Waals surface area (Å²) in [5.41, 5.74) is 6.80. The molecule has 6 nitrogen and oxygen atoms in total. The molecule has 34 heavy (non-hydrogen) atoms. The summed E-state index contributed by atoms with van der Waals surface area (Å²) >= 11 is 1.41. The highest BCUT2D eigenvalue weighted by molar-refractivity contribution is 7.15. The SMILES string of the molecule is CN1C(=O)C(c2ccc(OC(F)(F)F)cc2)C(C)(c2ccc(-c3cccc(C#N)c3)s2)N=C1N. The van der Waals surface area contributed by atoms with E-state index < -0.39 is 17.8 Å². The van der Waals surface area contributed by atoms with Crippen LogP contribution in [0.25, 0.3) is 10.4 Å². The van der Waals surface area contributed by atoms with Crippen LogP contribution in [0, 0.1) is 11.3 Å². The van der Waals surface area contributed by atoms with Gasteiger partial charge in [-0.1, -0.05) is 24.3 Å².